The van der Waals surface area contributed by atoms with E-state index in [9.17, 15) is 4.39 Å². The molecular weight excluding hydrogens is 319 g/mol. The molecule has 1 saturated carbocycles. The topological polar surface area (TPSA) is 38.0 Å². The Morgan fingerprint density at radius 1 is 1.40 bits per heavy atom. The predicted molar refractivity (Wildman–Crippen MR) is 84.7 cm³/mol. The highest BCUT2D eigenvalue weighted by Gasteiger charge is 2.31. The monoisotopic (exact) mass is 342 g/mol. The van der Waals surface area contributed by atoms with Crippen LogP contribution in [0.15, 0.2) is 22.7 Å². The summed E-state index contributed by atoms with van der Waals surface area (Å²) in [6, 6.07) is 5.05. The lowest BCUT2D eigenvalue weighted by Gasteiger charge is -2.38. The first-order valence-electron chi connectivity index (χ1n) is 7.31. The first kappa shape index (κ1) is 15.9. The summed E-state index contributed by atoms with van der Waals surface area (Å²) in [6.45, 7) is 4.66. The molecule has 2 rings (SSSR count). The van der Waals surface area contributed by atoms with Crippen molar-refractivity contribution < 1.29 is 4.39 Å². The Bertz CT molecular complexity index is 452. The summed E-state index contributed by atoms with van der Waals surface area (Å²) in [7, 11) is 0. The molecule has 1 aliphatic rings. The second-order valence-electron chi connectivity index (χ2n) is 6.71. The van der Waals surface area contributed by atoms with E-state index >= 15 is 0 Å². The van der Waals surface area contributed by atoms with Gasteiger partial charge in [0.1, 0.15) is 5.82 Å². The Hall–Kier alpha value is -0.450. The quantitative estimate of drug-likeness (QED) is 0.636. The number of hydrazine groups is 1. The molecule has 0 radical (unpaired) electrons. The molecule has 4 heteroatoms. The predicted octanol–water partition coefficient (Wildman–Crippen LogP) is 4.18. The number of nitrogens with two attached hydrogens (primary N) is 1. The van der Waals surface area contributed by atoms with Crippen molar-refractivity contribution >= 4 is 15.9 Å². The highest BCUT2D eigenvalue weighted by atomic mass is 79.9. The van der Waals surface area contributed by atoms with Gasteiger partial charge in [-0.1, -0.05) is 29.8 Å². The van der Waals surface area contributed by atoms with Crippen molar-refractivity contribution in [1.29, 1.82) is 0 Å². The van der Waals surface area contributed by atoms with E-state index in [0.29, 0.717) is 11.3 Å². The van der Waals surface area contributed by atoms with Crippen molar-refractivity contribution in [3.8, 4) is 0 Å². The van der Waals surface area contributed by atoms with Gasteiger partial charge in [0.05, 0.1) is 0 Å². The highest BCUT2D eigenvalue weighted by molar-refractivity contribution is 9.10. The van der Waals surface area contributed by atoms with Crippen LogP contribution in [0.1, 0.15) is 45.1 Å². The molecule has 0 aromatic heterocycles. The maximum Gasteiger partial charge on any atom is 0.123 e. The molecule has 2 nitrogen and oxygen atoms in total. The first-order valence-corrected chi connectivity index (χ1v) is 8.11. The number of hydrogen-bond donors (Lipinski definition) is 2. The van der Waals surface area contributed by atoms with E-state index in [1.807, 2.05) is 0 Å². The van der Waals surface area contributed by atoms with E-state index in [1.54, 1.807) is 12.1 Å². The fourth-order valence-corrected chi connectivity index (χ4v) is 3.53. The molecule has 0 saturated heterocycles. The van der Waals surface area contributed by atoms with Gasteiger partial charge < -0.3 is 0 Å². The molecule has 0 amide bonds. The minimum absolute atomic E-state index is 0.191. The molecule has 1 fully saturated rings. The number of nitrogens with one attached hydrogen (secondary N) is 1. The summed E-state index contributed by atoms with van der Waals surface area (Å²) < 4.78 is 14.3. The Kier molecular flexibility index (Phi) is 5.21. The highest BCUT2D eigenvalue weighted by Crippen LogP contribution is 2.39. The van der Waals surface area contributed by atoms with E-state index < -0.39 is 0 Å². The van der Waals surface area contributed by atoms with Gasteiger partial charge in [0.2, 0.25) is 0 Å². The van der Waals surface area contributed by atoms with Crippen LogP contribution in [0.4, 0.5) is 4.39 Å². The maximum atomic E-state index is 13.4. The summed E-state index contributed by atoms with van der Waals surface area (Å²) in [6.07, 6.45) is 5.61. The molecule has 0 aliphatic heterocycles. The Morgan fingerprint density at radius 3 is 2.65 bits per heavy atom. The van der Waals surface area contributed by atoms with Crippen LogP contribution in [0.5, 0.6) is 0 Å². The summed E-state index contributed by atoms with van der Waals surface area (Å²) in [5.74, 6) is 6.13. The summed E-state index contributed by atoms with van der Waals surface area (Å²) in [5, 5.41) is 0. The number of benzene rings is 1. The fraction of sp³-hybridized carbons (Fsp3) is 0.625. The van der Waals surface area contributed by atoms with Crippen LogP contribution < -0.4 is 11.3 Å². The van der Waals surface area contributed by atoms with Crippen LogP contribution in [0, 0.1) is 17.2 Å². The van der Waals surface area contributed by atoms with Crippen LogP contribution in [-0.4, -0.2) is 6.04 Å². The van der Waals surface area contributed by atoms with Crippen LogP contribution >= 0.6 is 15.9 Å². The summed E-state index contributed by atoms with van der Waals surface area (Å²) in [5.41, 5.74) is 4.39. The normalized spacial score (nSPS) is 20.9. The van der Waals surface area contributed by atoms with Crippen molar-refractivity contribution in [1.82, 2.24) is 5.43 Å². The SMILES string of the molecule is CC1(C)CCC(C(Cc2cc(F)ccc2Br)NN)CC1. The van der Waals surface area contributed by atoms with Crippen molar-refractivity contribution in [3.05, 3.63) is 34.1 Å². The van der Waals surface area contributed by atoms with Crippen molar-refractivity contribution in [2.45, 2.75) is 52.0 Å². The molecule has 1 aromatic rings. The van der Waals surface area contributed by atoms with Crippen LogP contribution in [0.2, 0.25) is 0 Å². The van der Waals surface area contributed by atoms with Crippen molar-refractivity contribution in [3.63, 3.8) is 0 Å². The molecule has 1 atom stereocenters. The van der Waals surface area contributed by atoms with Gasteiger partial charge in [-0.2, -0.15) is 0 Å². The standard InChI is InChI=1S/C16H24BrFN2/c1-16(2)7-5-11(6-8-16)15(20-19)10-12-9-13(18)3-4-14(12)17/h3-4,9,11,15,20H,5-8,10,19H2,1-2H3. The second kappa shape index (κ2) is 6.54. The number of halogens is 2. The van der Waals surface area contributed by atoms with E-state index in [0.717, 1.165) is 16.5 Å². The van der Waals surface area contributed by atoms with Gasteiger partial charge in [-0.05, 0) is 67.2 Å². The second-order valence-corrected chi connectivity index (χ2v) is 7.57. The van der Waals surface area contributed by atoms with E-state index in [4.69, 9.17) is 5.84 Å². The first-order chi connectivity index (χ1) is 9.41. The Balaban J connectivity index is 2.04. The molecule has 0 heterocycles. The molecule has 0 spiro atoms. The smallest absolute Gasteiger partial charge is 0.123 e. The molecule has 112 valence electrons. The Labute approximate surface area is 129 Å². The van der Waals surface area contributed by atoms with Crippen molar-refractivity contribution in [2.75, 3.05) is 0 Å². The minimum atomic E-state index is -0.191. The Morgan fingerprint density at radius 2 is 2.05 bits per heavy atom. The number of rotatable bonds is 4. The largest absolute Gasteiger partial charge is 0.271 e. The van der Waals surface area contributed by atoms with Crippen LogP contribution in [0.25, 0.3) is 0 Å². The molecule has 1 unspecified atom stereocenters. The average Bonchev–Trinajstić information content (AvgIpc) is 2.40. The van der Waals surface area contributed by atoms with Crippen molar-refractivity contribution in [2.24, 2.45) is 17.2 Å². The van der Waals surface area contributed by atoms with Gasteiger partial charge in [0, 0.05) is 10.5 Å². The zero-order chi connectivity index (χ0) is 14.8. The van der Waals surface area contributed by atoms with E-state index in [1.165, 1.54) is 31.7 Å². The third-order valence-electron chi connectivity index (χ3n) is 4.61. The lowest BCUT2D eigenvalue weighted by molar-refractivity contribution is 0.161. The fourth-order valence-electron chi connectivity index (χ4n) is 3.12. The third-order valence-corrected chi connectivity index (χ3v) is 5.39. The van der Waals surface area contributed by atoms with Gasteiger partial charge >= 0.3 is 0 Å². The van der Waals surface area contributed by atoms with Gasteiger partial charge in [-0.25, -0.2) is 4.39 Å². The minimum Gasteiger partial charge on any atom is -0.271 e. The summed E-state index contributed by atoms with van der Waals surface area (Å²) in [4.78, 5) is 0. The lowest BCUT2D eigenvalue weighted by atomic mass is 9.70. The molecule has 3 N–H and O–H groups in total. The third kappa shape index (κ3) is 4.03. The maximum absolute atomic E-state index is 13.4. The van der Waals surface area contributed by atoms with Gasteiger partial charge in [-0.15, -0.1) is 0 Å². The molecule has 20 heavy (non-hydrogen) atoms. The molecule has 1 aromatic carbocycles. The van der Waals surface area contributed by atoms with Crippen LogP contribution in [-0.2, 0) is 6.42 Å². The van der Waals surface area contributed by atoms with Crippen LogP contribution in [0.3, 0.4) is 0 Å². The molecular formula is C16H24BrFN2. The summed E-state index contributed by atoms with van der Waals surface area (Å²) >= 11 is 3.49. The zero-order valence-corrected chi connectivity index (χ0v) is 13.8. The molecule has 1 aliphatic carbocycles. The van der Waals surface area contributed by atoms with Gasteiger partial charge in [-0.3, -0.25) is 11.3 Å². The average molecular weight is 343 g/mol. The number of hydrogen-bond acceptors (Lipinski definition) is 2. The van der Waals surface area contributed by atoms with E-state index in [2.05, 4.69) is 35.2 Å². The van der Waals surface area contributed by atoms with Gasteiger partial charge in [0.15, 0.2) is 0 Å². The lowest BCUT2D eigenvalue weighted by Crippen LogP contribution is -2.44. The van der Waals surface area contributed by atoms with Gasteiger partial charge in [0.25, 0.3) is 0 Å². The zero-order valence-electron chi connectivity index (χ0n) is 12.3. The molecule has 0 bridgehead atoms. The van der Waals surface area contributed by atoms with E-state index in [-0.39, 0.29) is 11.9 Å².